The Bertz CT molecular complexity index is 572. The van der Waals surface area contributed by atoms with Gasteiger partial charge in [0.15, 0.2) is 6.23 Å². The lowest BCUT2D eigenvalue weighted by Crippen LogP contribution is -2.41. The Morgan fingerprint density at radius 1 is 1.37 bits per heavy atom. The highest BCUT2D eigenvalue weighted by molar-refractivity contribution is 5.23. The summed E-state index contributed by atoms with van der Waals surface area (Å²) < 4.78 is 11.7. The Kier molecular flexibility index (Phi) is 2.77. The molecular formula is C11H13N3O5. The molecule has 0 bridgehead atoms. The fraction of sp³-hybridized carbons (Fsp3) is 0.455. The molecule has 1 fully saturated rings. The number of hydrogen-bond donors (Lipinski definition) is 3. The SMILES string of the molecule is Nc1ccn([C@@H]2O[C@H]([C@@H]3C=CO3)[C@@H](O)[C@H]2O)c(=O)n1. The Morgan fingerprint density at radius 3 is 2.68 bits per heavy atom. The number of nitrogen functional groups attached to an aromatic ring is 1. The molecule has 3 rings (SSSR count). The van der Waals surface area contributed by atoms with Gasteiger partial charge in [0.25, 0.3) is 0 Å². The number of aliphatic hydroxyl groups is 2. The minimum atomic E-state index is -1.24. The van der Waals surface area contributed by atoms with E-state index in [0.29, 0.717) is 0 Å². The summed E-state index contributed by atoms with van der Waals surface area (Å²) in [7, 11) is 0. The second-order valence-corrected chi connectivity index (χ2v) is 4.44. The second kappa shape index (κ2) is 4.34. The van der Waals surface area contributed by atoms with E-state index in [4.69, 9.17) is 15.2 Å². The van der Waals surface area contributed by atoms with E-state index in [1.165, 1.54) is 18.5 Å². The maximum absolute atomic E-state index is 11.7. The third kappa shape index (κ3) is 1.89. The minimum absolute atomic E-state index is 0.0797. The molecule has 0 spiro atoms. The standard InChI is InChI=1S/C11H13N3O5/c12-6-1-3-14(11(17)13-6)10-8(16)7(15)9(19-10)5-2-4-18-5/h1-5,7-10,15-16H,(H2,12,13,17)/t5-,7-,8+,9+,10+/m0/s1. The Balaban J connectivity index is 1.89. The molecule has 0 aliphatic carbocycles. The van der Waals surface area contributed by atoms with Gasteiger partial charge >= 0.3 is 5.69 Å². The van der Waals surface area contributed by atoms with E-state index >= 15 is 0 Å². The van der Waals surface area contributed by atoms with Crippen molar-refractivity contribution in [2.45, 2.75) is 30.6 Å². The molecule has 0 saturated carbocycles. The Morgan fingerprint density at radius 2 is 2.11 bits per heavy atom. The van der Waals surface area contributed by atoms with Crippen molar-refractivity contribution in [1.29, 1.82) is 0 Å². The third-order valence-electron chi connectivity index (χ3n) is 3.23. The molecule has 5 atom stereocenters. The van der Waals surface area contributed by atoms with Crippen LogP contribution >= 0.6 is 0 Å². The number of hydrogen-bond acceptors (Lipinski definition) is 7. The van der Waals surface area contributed by atoms with E-state index in [0.717, 1.165) is 4.57 Å². The molecule has 8 heteroatoms. The molecule has 3 heterocycles. The summed E-state index contributed by atoms with van der Waals surface area (Å²) >= 11 is 0. The topological polar surface area (TPSA) is 120 Å². The zero-order chi connectivity index (χ0) is 13.6. The van der Waals surface area contributed by atoms with Crippen LogP contribution in [0.4, 0.5) is 5.82 Å². The maximum atomic E-state index is 11.7. The van der Waals surface area contributed by atoms with Gasteiger partial charge in [-0.3, -0.25) is 4.57 Å². The lowest BCUT2D eigenvalue weighted by atomic mass is 10.0. The highest BCUT2D eigenvalue weighted by Gasteiger charge is 2.48. The molecule has 0 radical (unpaired) electrons. The first-order valence-electron chi connectivity index (χ1n) is 5.76. The molecule has 19 heavy (non-hydrogen) atoms. The van der Waals surface area contributed by atoms with Crippen LogP contribution in [-0.2, 0) is 9.47 Å². The van der Waals surface area contributed by atoms with Gasteiger partial charge in [-0.2, -0.15) is 4.98 Å². The van der Waals surface area contributed by atoms with Crippen molar-refractivity contribution in [1.82, 2.24) is 9.55 Å². The van der Waals surface area contributed by atoms with Crippen LogP contribution in [0.3, 0.4) is 0 Å². The van der Waals surface area contributed by atoms with E-state index in [9.17, 15) is 15.0 Å². The van der Waals surface area contributed by atoms with Crippen LogP contribution in [0, 0.1) is 0 Å². The van der Waals surface area contributed by atoms with Crippen LogP contribution in [-0.4, -0.2) is 44.2 Å². The highest BCUT2D eigenvalue weighted by Crippen LogP contribution is 2.33. The molecule has 1 aromatic heterocycles. The molecule has 4 N–H and O–H groups in total. The number of aliphatic hydroxyl groups excluding tert-OH is 2. The number of rotatable bonds is 2. The molecule has 1 aromatic rings. The number of nitrogens with two attached hydrogens (primary N) is 1. The van der Waals surface area contributed by atoms with Crippen LogP contribution in [0.1, 0.15) is 6.23 Å². The fourth-order valence-corrected chi connectivity index (χ4v) is 2.16. The van der Waals surface area contributed by atoms with Crippen molar-refractivity contribution in [3.63, 3.8) is 0 Å². The maximum Gasteiger partial charge on any atom is 0.351 e. The number of anilines is 1. The first kappa shape index (κ1) is 12.2. The van der Waals surface area contributed by atoms with Crippen molar-refractivity contribution < 1.29 is 19.7 Å². The van der Waals surface area contributed by atoms with Crippen molar-refractivity contribution in [3.05, 3.63) is 35.1 Å². The van der Waals surface area contributed by atoms with E-state index in [2.05, 4.69) is 4.98 Å². The third-order valence-corrected chi connectivity index (χ3v) is 3.23. The number of nitrogens with zero attached hydrogens (tertiary/aromatic N) is 2. The predicted octanol–water partition coefficient (Wildman–Crippen LogP) is -1.64. The molecule has 0 unspecified atom stereocenters. The smallest absolute Gasteiger partial charge is 0.351 e. The van der Waals surface area contributed by atoms with Gasteiger partial charge in [-0.25, -0.2) is 4.79 Å². The molecule has 0 amide bonds. The van der Waals surface area contributed by atoms with Crippen LogP contribution in [0.2, 0.25) is 0 Å². The lowest BCUT2D eigenvalue weighted by molar-refractivity contribution is -0.0865. The van der Waals surface area contributed by atoms with Gasteiger partial charge in [0.05, 0.1) is 6.26 Å². The lowest BCUT2D eigenvalue weighted by Gasteiger charge is -2.27. The van der Waals surface area contributed by atoms with Crippen LogP contribution in [0.15, 0.2) is 29.4 Å². The summed E-state index contributed by atoms with van der Waals surface area (Å²) in [6.07, 6.45) is -0.0231. The molecule has 1 saturated heterocycles. The first-order chi connectivity index (χ1) is 9.08. The largest absolute Gasteiger partial charge is 0.491 e. The average Bonchev–Trinajstić information content (AvgIpc) is 2.56. The summed E-state index contributed by atoms with van der Waals surface area (Å²) in [5, 5.41) is 19.9. The monoisotopic (exact) mass is 267 g/mol. The van der Waals surface area contributed by atoms with E-state index in [-0.39, 0.29) is 5.82 Å². The predicted molar refractivity (Wildman–Crippen MR) is 62.8 cm³/mol. The average molecular weight is 267 g/mol. The summed E-state index contributed by atoms with van der Waals surface area (Å²) in [6, 6.07) is 1.41. The molecule has 2 aliphatic rings. The Labute approximate surface area is 107 Å². The highest BCUT2D eigenvalue weighted by atomic mass is 16.6. The number of aromatic nitrogens is 2. The van der Waals surface area contributed by atoms with Gasteiger partial charge in [-0.05, 0) is 12.1 Å². The number of ether oxygens (including phenoxy) is 2. The van der Waals surface area contributed by atoms with Crippen molar-refractivity contribution >= 4 is 5.82 Å². The quantitative estimate of drug-likeness (QED) is 0.587. The summed E-state index contributed by atoms with van der Waals surface area (Å²) in [5.41, 5.74) is 4.74. The van der Waals surface area contributed by atoms with E-state index in [1.54, 1.807) is 6.08 Å². The molecule has 102 valence electrons. The van der Waals surface area contributed by atoms with Gasteiger partial charge in [0.2, 0.25) is 0 Å². The van der Waals surface area contributed by atoms with E-state index in [1.807, 2.05) is 0 Å². The van der Waals surface area contributed by atoms with Gasteiger partial charge in [-0.15, -0.1) is 0 Å². The van der Waals surface area contributed by atoms with Crippen molar-refractivity contribution in [2.75, 3.05) is 5.73 Å². The minimum Gasteiger partial charge on any atom is -0.491 e. The van der Waals surface area contributed by atoms with Gasteiger partial charge in [0.1, 0.15) is 30.2 Å². The molecular weight excluding hydrogens is 254 g/mol. The van der Waals surface area contributed by atoms with Crippen LogP contribution in [0.5, 0.6) is 0 Å². The van der Waals surface area contributed by atoms with Crippen LogP contribution in [0.25, 0.3) is 0 Å². The van der Waals surface area contributed by atoms with Crippen molar-refractivity contribution in [3.8, 4) is 0 Å². The van der Waals surface area contributed by atoms with E-state index < -0.39 is 36.3 Å². The molecule has 2 aliphatic heterocycles. The normalized spacial score (nSPS) is 36.8. The van der Waals surface area contributed by atoms with Gasteiger partial charge in [-0.1, -0.05) is 0 Å². The van der Waals surface area contributed by atoms with Crippen LogP contribution < -0.4 is 11.4 Å². The molecule has 0 aromatic carbocycles. The zero-order valence-electron chi connectivity index (χ0n) is 9.79. The summed E-state index contributed by atoms with van der Waals surface area (Å²) in [6.45, 7) is 0. The van der Waals surface area contributed by atoms with Gasteiger partial charge in [0, 0.05) is 6.20 Å². The summed E-state index contributed by atoms with van der Waals surface area (Å²) in [4.78, 5) is 15.2. The van der Waals surface area contributed by atoms with Crippen molar-refractivity contribution in [2.24, 2.45) is 0 Å². The zero-order valence-corrected chi connectivity index (χ0v) is 9.79. The first-order valence-corrected chi connectivity index (χ1v) is 5.76. The second-order valence-electron chi connectivity index (χ2n) is 4.44. The summed E-state index contributed by atoms with van der Waals surface area (Å²) in [5.74, 6) is 0.0797. The Hall–Kier alpha value is -1.90. The van der Waals surface area contributed by atoms with Gasteiger partial charge < -0.3 is 25.4 Å². The fourth-order valence-electron chi connectivity index (χ4n) is 2.16. The molecule has 8 nitrogen and oxygen atoms in total.